The third-order valence-electron chi connectivity index (χ3n) is 3.07. The molecule has 0 radical (unpaired) electrons. The molecule has 1 aromatic heterocycles. The van der Waals surface area contributed by atoms with Crippen molar-refractivity contribution in [2.24, 2.45) is 0 Å². The van der Waals surface area contributed by atoms with Crippen LogP contribution < -0.4 is 4.74 Å². The number of carbonyl (C=O) groups excluding carboxylic acids is 2. The molecule has 0 aliphatic rings. The van der Waals surface area contributed by atoms with Crippen LogP contribution >= 0.6 is 0 Å². The number of hydrogen-bond donors (Lipinski definition) is 0. The van der Waals surface area contributed by atoms with Crippen molar-refractivity contribution in [3.8, 4) is 11.8 Å². The smallest absolute Gasteiger partial charge is 0.304 e. The molecule has 0 saturated heterocycles. The van der Waals surface area contributed by atoms with E-state index in [2.05, 4.69) is 0 Å². The van der Waals surface area contributed by atoms with Gasteiger partial charge in [-0.05, 0) is 18.2 Å². The SMILES string of the molecule is COc1ccc2c(c1)c(C(C#N)OC(C)=O)cn2C(C)=O. The molecule has 1 aromatic carbocycles. The molecule has 0 N–H and O–H groups in total. The molecule has 0 fully saturated rings. The van der Waals surface area contributed by atoms with Gasteiger partial charge >= 0.3 is 5.97 Å². The minimum absolute atomic E-state index is 0.198. The Hall–Kier alpha value is -2.81. The highest BCUT2D eigenvalue weighted by Gasteiger charge is 2.21. The second kappa shape index (κ2) is 5.67. The van der Waals surface area contributed by atoms with E-state index < -0.39 is 12.1 Å². The van der Waals surface area contributed by atoms with Gasteiger partial charge in [-0.15, -0.1) is 0 Å². The highest BCUT2D eigenvalue weighted by molar-refractivity contribution is 5.94. The maximum absolute atomic E-state index is 11.7. The molecule has 0 saturated carbocycles. The Bertz CT molecular complexity index is 755. The number of fused-ring (bicyclic) bond motifs is 1. The van der Waals surface area contributed by atoms with Crippen LogP contribution in [0.15, 0.2) is 24.4 Å². The molecule has 2 rings (SSSR count). The van der Waals surface area contributed by atoms with E-state index >= 15 is 0 Å². The van der Waals surface area contributed by atoms with E-state index in [9.17, 15) is 14.9 Å². The summed E-state index contributed by atoms with van der Waals surface area (Å²) < 4.78 is 11.6. The number of esters is 1. The van der Waals surface area contributed by atoms with Gasteiger partial charge in [0.05, 0.1) is 12.6 Å². The molecule has 2 aromatic rings. The Labute approximate surface area is 121 Å². The van der Waals surface area contributed by atoms with Crippen LogP contribution in [0.2, 0.25) is 0 Å². The van der Waals surface area contributed by atoms with Crippen molar-refractivity contribution in [1.29, 1.82) is 5.26 Å². The fraction of sp³-hybridized carbons (Fsp3) is 0.267. The molecule has 6 heteroatoms. The maximum Gasteiger partial charge on any atom is 0.304 e. The zero-order valence-corrected chi connectivity index (χ0v) is 11.9. The third-order valence-corrected chi connectivity index (χ3v) is 3.07. The topological polar surface area (TPSA) is 81.3 Å². The minimum Gasteiger partial charge on any atom is -0.497 e. The Kier molecular flexibility index (Phi) is 3.94. The second-order valence-electron chi connectivity index (χ2n) is 4.48. The molecule has 0 bridgehead atoms. The summed E-state index contributed by atoms with van der Waals surface area (Å²) in [5.41, 5.74) is 1.09. The molecule has 0 amide bonds. The zero-order chi connectivity index (χ0) is 15.6. The summed E-state index contributed by atoms with van der Waals surface area (Å²) in [6.45, 7) is 2.65. The summed E-state index contributed by atoms with van der Waals surface area (Å²) in [5.74, 6) is -0.173. The van der Waals surface area contributed by atoms with Crippen molar-refractivity contribution in [2.45, 2.75) is 20.0 Å². The molecule has 0 spiro atoms. The summed E-state index contributed by atoms with van der Waals surface area (Å²) in [6, 6.07) is 7.07. The van der Waals surface area contributed by atoms with Crippen molar-refractivity contribution in [2.75, 3.05) is 7.11 Å². The lowest BCUT2D eigenvalue weighted by atomic mass is 10.1. The molecule has 6 nitrogen and oxygen atoms in total. The Morgan fingerprint density at radius 3 is 2.57 bits per heavy atom. The summed E-state index contributed by atoms with van der Waals surface area (Å²) >= 11 is 0. The van der Waals surface area contributed by atoms with E-state index in [-0.39, 0.29) is 5.91 Å². The van der Waals surface area contributed by atoms with E-state index in [1.807, 2.05) is 6.07 Å². The van der Waals surface area contributed by atoms with Gasteiger partial charge < -0.3 is 9.47 Å². The van der Waals surface area contributed by atoms with Gasteiger partial charge in [0.2, 0.25) is 12.0 Å². The van der Waals surface area contributed by atoms with Crippen molar-refractivity contribution >= 4 is 22.8 Å². The third kappa shape index (κ3) is 2.72. The van der Waals surface area contributed by atoms with Crippen LogP contribution in [0.25, 0.3) is 10.9 Å². The Balaban J connectivity index is 2.69. The van der Waals surface area contributed by atoms with Crippen LogP contribution in [-0.4, -0.2) is 23.6 Å². The summed E-state index contributed by atoms with van der Waals surface area (Å²) in [5, 5.41) is 9.85. The van der Waals surface area contributed by atoms with Gasteiger partial charge in [-0.3, -0.25) is 14.2 Å². The number of methoxy groups -OCH3 is 1. The number of nitriles is 1. The van der Waals surface area contributed by atoms with Crippen molar-refractivity contribution < 1.29 is 19.1 Å². The molecular weight excluding hydrogens is 272 g/mol. The van der Waals surface area contributed by atoms with E-state index in [4.69, 9.17) is 9.47 Å². The summed E-state index contributed by atoms with van der Waals surface area (Å²) in [6.07, 6.45) is 0.446. The van der Waals surface area contributed by atoms with Crippen LogP contribution in [0, 0.1) is 11.3 Å². The summed E-state index contributed by atoms with van der Waals surface area (Å²) in [7, 11) is 1.52. The Morgan fingerprint density at radius 2 is 2.05 bits per heavy atom. The van der Waals surface area contributed by atoms with E-state index in [1.165, 1.54) is 31.7 Å². The molecule has 0 aliphatic carbocycles. The predicted octanol–water partition coefficient (Wildman–Crippen LogP) is 2.44. The quantitative estimate of drug-likeness (QED) is 0.809. The number of ether oxygens (including phenoxy) is 2. The fourth-order valence-corrected chi connectivity index (χ4v) is 2.16. The van der Waals surface area contributed by atoms with Gasteiger partial charge in [0.1, 0.15) is 11.8 Å². The van der Waals surface area contributed by atoms with Crippen molar-refractivity contribution in [3.63, 3.8) is 0 Å². The largest absolute Gasteiger partial charge is 0.497 e. The zero-order valence-electron chi connectivity index (χ0n) is 11.9. The highest BCUT2D eigenvalue weighted by atomic mass is 16.5. The minimum atomic E-state index is -1.07. The lowest BCUT2D eigenvalue weighted by molar-refractivity contribution is -0.144. The van der Waals surface area contributed by atoms with Gasteiger partial charge in [0, 0.05) is 31.0 Å². The average molecular weight is 286 g/mol. The van der Waals surface area contributed by atoms with Crippen molar-refractivity contribution in [1.82, 2.24) is 4.57 Å². The van der Waals surface area contributed by atoms with Gasteiger partial charge in [0.25, 0.3) is 0 Å². The lowest BCUT2D eigenvalue weighted by Crippen LogP contribution is -2.07. The Morgan fingerprint density at radius 1 is 1.33 bits per heavy atom. The lowest BCUT2D eigenvalue weighted by Gasteiger charge is -2.08. The molecule has 0 aliphatic heterocycles. The van der Waals surface area contributed by atoms with Gasteiger partial charge in [0.15, 0.2) is 0 Å². The van der Waals surface area contributed by atoms with Gasteiger partial charge in [-0.25, -0.2) is 0 Å². The molecule has 1 heterocycles. The first-order valence-electron chi connectivity index (χ1n) is 6.24. The van der Waals surface area contributed by atoms with E-state index in [0.29, 0.717) is 22.2 Å². The molecule has 1 atom stereocenters. The number of carbonyl (C=O) groups is 2. The fourth-order valence-electron chi connectivity index (χ4n) is 2.16. The van der Waals surface area contributed by atoms with Gasteiger partial charge in [-0.1, -0.05) is 0 Å². The van der Waals surface area contributed by atoms with E-state index in [1.54, 1.807) is 18.2 Å². The number of aromatic nitrogens is 1. The van der Waals surface area contributed by atoms with Crippen LogP contribution in [0.4, 0.5) is 0 Å². The molecule has 21 heavy (non-hydrogen) atoms. The normalized spacial score (nSPS) is 11.7. The number of rotatable bonds is 3. The van der Waals surface area contributed by atoms with Crippen molar-refractivity contribution in [3.05, 3.63) is 30.0 Å². The number of nitrogens with zero attached hydrogens (tertiary/aromatic N) is 2. The predicted molar refractivity (Wildman–Crippen MR) is 74.9 cm³/mol. The summed E-state index contributed by atoms with van der Waals surface area (Å²) in [4.78, 5) is 22.8. The standard InChI is InChI=1S/C15H14N2O4/c1-9(18)17-8-13(15(7-16)21-10(2)19)12-6-11(20-3)4-5-14(12)17/h4-6,8,15H,1-3H3. The molecular formula is C15H14N2O4. The van der Waals surface area contributed by atoms with Crippen LogP contribution in [-0.2, 0) is 9.53 Å². The van der Waals surface area contributed by atoms with Gasteiger partial charge in [-0.2, -0.15) is 5.26 Å². The van der Waals surface area contributed by atoms with Crippen LogP contribution in [0.5, 0.6) is 5.75 Å². The van der Waals surface area contributed by atoms with Crippen LogP contribution in [0.3, 0.4) is 0 Å². The first-order valence-corrected chi connectivity index (χ1v) is 6.24. The second-order valence-corrected chi connectivity index (χ2v) is 4.48. The molecule has 108 valence electrons. The average Bonchev–Trinajstić information content (AvgIpc) is 2.83. The van der Waals surface area contributed by atoms with Crippen LogP contribution in [0.1, 0.15) is 30.3 Å². The number of hydrogen-bond acceptors (Lipinski definition) is 5. The first-order chi connectivity index (χ1) is 9.97. The number of benzene rings is 1. The van der Waals surface area contributed by atoms with E-state index in [0.717, 1.165) is 0 Å². The molecule has 1 unspecified atom stereocenters. The maximum atomic E-state index is 11.7. The monoisotopic (exact) mass is 286 g/mol. The highest BCUT2D eigenvalue weighted by Crippen LogP contribution is 2.31. The first kappa shape index (κ1) is 14.6.